The lowest BCUT2D eigenvalue weighted by molar-refractivity contribution is 0.0853. The molecule has 1 aliphatic carbocycles. The third-order valence-electron chi connectivity index (χ3n) is 3.68. The number of rotatable bonds is 4. The number of aryl methyl sites for hydroxylation is 1. The number of allylic oxidation sites excluding steroid dienone is 2. The number of hydrogen-bond acceptors (Lipinski definition) is 2. The normalized spacial score (nSPS) is 26.6. The van der Waals surface area contributed by atoms with E-state index in [2.05, 4.69) is 36.7 Å². The number of hydrogen-bond donors (Lipinski definition) is 1. The van der Waals surface area contributed by atoms with Crippen LogP contribution in [0.3, 0.4) is 0 Å². The van der Waals surface area contributed by atoms with Crippen LogP contribution in [0.25, 0.3) is 0 Å². The highest BCUT2D eigenvalue weighted by Crippen LogP contribution is 2.31. The molecule has 2 rings (SSSR count). The predicted octanol–water partition coefficient (Wildman–Crippen LogP) is 4.03. The number of aliphatic hydroxyl groups is 1. The van der Waals surface area contributed by atoms with Crippen LogP contribution in [0.15, 0.2) is 28.5 Å². The summed E-state index contributed by atoms with van der Waals surface area (Å²) in [5.74, 6) is 1.10. The van der Waals surface area contributed by atoms with Crippen molar-refractivity contribution >= 4 is 11.3 Å². The van der Waals surface area contributed by atoms with E-state index in [0.717, 1.165) is 25.7 Å². The summed E-state index contributed by atoms with van der Waals surface area (Å²) in [6.07, 6.45) is 6.35. The van der Waals surface area contributed by atoms with E-state index in [1.807, 2.05) is 0 Å². The largest absolute Gasteiger partial charge is 0.393 e. The molecule has 0 bridgehead atoms. The Balaban J connectivity index is 1.84. The smallest absolute Gasteiger partial charge is 0.0574 e. The molecule has 0 radical (unpaired) electrons. The molecule has 0 aliphatic heterocycles. The predicted molar refractivity (Wildman–Crippen MR) is 74.3 cm³/mol. The van der Waals surface area contributed by atoms with Gasteiger partial charge in [0.2, 0.25) is 0 Å². The van der Waals surface area contributed by atoms with Gasteiger partial charge in [0.25, 0.3) is 0 Å². The summed E-state index contributed by atoms with van der Waals surface area (Å²) in [6.45, 7) is 4.44. The van der Waals surface area contributed by atoms with Gasteiger partial charge in [0.05, 0.1) is 6.10 Å². The maximum Gasteiger partial charge on any atom is 0.0574 e. The van der Waals surface area contributed by atoms with E-state index < -0.39 is 0 Å². The highest BCUT2D eigenvalue weighted by molar-refractivity contribution is 7.07. The van der Waals surface area contributed by atoms with Crippen molar-refractivity contribution in [2.45, 2.75) is 45.6 Å². The lowest BCUT2D eigenvalue weighted by atomic mass is 9.79. The van der Waals surface area contributed by atoms with E-state index in [1.165, 1.54) is 11.1 Å². The van der Waals surface area contributed by atoms with Gasteiger partial charge < -0.3 is 5.11 Å². The van der Waals surface area contributed by atoms with Gasteiger partial charge in [-0.15, -0.1) is 0 Å². The van der Waals surface area contributed by atoms with Gasteiger partial charge in [-0.05, 0) is 66.8 Å². The van der Waals surface area contributed by atoms with Crippen LogP contribution in [0.2, 0.25) is 0 Å². The molecule has 1 heterocycles. The van der Waals surface area contributed by atoms with Crippen molar-refractivity contribution in [1.29, 1.82) is 0 Å². The molecule has 0 spiro atoms. The molecule has 0 saturated carbocycles. The minimum Gasteiger partial charge on any atom is -0.393 e. The molecular weight excluding hydrogens is 228 g/mol. The minimum atomic E-state index is -0.138. The second kappa shape index (κ2) is 5.83. The van der Waals surface area contributed by atoms with Crippen LogP contribution >= 0.6 is 11.3 Å². The summed E-state index contributed by atoms with van der Waals surface area (Å²) < 4.78 is 0. The second-order valence-corrected chi connectivity index (χ2v) is 6.21. The van der Waals surface area contributed by atoms with Gasteiger partial charge in [-0.2, -0.15) is 11.3 Å². The van der Waals surface area contributed by atoms with Crippen molar-refractivity contribution in [1.82, 2.24) is 0 Å². The maximum atomic E-state index is 10.3. The molecule has 1 N–H and O–H groups in total. The molecule has 1 aromatic heterocycles. The Morgan fingerprint density at radius 3 is 3.00 bits per heavy atom. The molecule has 94 valence electrons. The van der Waals surface area contributed by atoms with Gasteiger partial charge >= 0.3 is 0 Å². The van der Waals surface area contributed by atoms with E-state index in [9.17, 15) is 5.11 Å². The molecule has 0 saturated heterocycles. The van der Waals surface area contributed by atoms with E-state index in [-0.39, 0.29) is 6.10 Å². The van der Waals surface area contributed by atoms with E-state index in [4.69, 9.17) is 0 Å². The van der Waals surface area contributed by atoms with Crippen LogP contribution in [-0.4, -0.2) is 11.2 Å². The zero-order valence-corrected chi connectivity index (χ0v) is 11.5. The maximum absolute atomic E-state index is 10.3. The molecule has 1 aromatic rings. The molecule has 3 atom stereocenters. The van der Waals surface area contributed by atoms with Crippen LogP contribution in [0.1, 0.15) is 38.7 Å². The fourth-order valence-corrected chi connectivity index (χ4v) is 3.58. The highest BCUT2D eigenvalue weighted by Gasteiger charge is 2.24. The van der Waals surface area contributed by atoms with Crippen molar-refractivity contribution < 1.29 is 5.11 Å². The molecule has 3 unspecified atom stereocenters. The molecule has 2 heteroatoms. The summed E-state index contributed by atoms with van der Waals surface area (Å²) in [7, 11) is 0. The van der Waals surface area contributed by atoms with Gasteiger partial charge in [-0.25, -0.2) is 0 Å². The number of thiophene rings is 1. The zero-order valence-electron chi connectivity index (χ0n) is 10.7. The molecule has 1 aliphatic rings. The molecule has 17 heavy (non-hydrogen) atoms. The van der Waals surface area contributed by atoms with Crippen molar-refractivity contribution in [3.8, 4) is 0 Å². The highest BCUT2D eigenvalue weighted by atomic mass is 32.1. The summed E-state index contributed by atoms with van der Waals surface area (Å²) in [5, 5.41) is 14.6. The van der Waals surface area contributed by atoms with Gasteiger partial charge in [-0.3, -0.25) is 0 Å². The lowest BCUT2D eigenvalue weighted by Crippen LogP contribution is -2.25. The topological polar surface area (TPSA) is 20.2 Å². The second-order valence-electron chi connectivity index (χ2n) is 5.43. The first kappa shape index (κ1) is 12.8. The van der Waals surface area contributed by atoms with Gasteiger partial charge in [0, 0.05) is 0 Å². The van der Waals surface area contributed by atoms with Crippen molar-refractivity contribution in [2.75, 3.05) is 0 Å². The third kappa shape index (κ3) is 3.68. The van der Waals surface area contributed by atoms with Crippen LogP contribution in [-0.2, 0) is 6.42 Å². The third-order valence-corrected chi connectivity index (χ3v) is 4.41. The fourth-order valence-electron chi connectivity index (χ4n) is 2.87. The monoisotopic (exact) mass is 250 g/mol. The Morgan fingerprint density at radius 1 is 1.53 bits per heavy atom. The van der Waals surface area contributed by atoms with Crippen LogP contribution < -0.4 is 0 Å². The first-order valence-corrected chi connectivity index (χ1v) is 7.46. The molecule has 0 aromatic carbocycles. The SMILES string of the molecule is CC1=CC(C)CC(C(O)CCc2ccsc2)C1. The Kier molecular flexibility index (Phi) is 4.41. The van der Waals surface area contributed by atoms with E-state index in [0.29, 0.717) is 11.8 Å². The van der Waals surface area contributed by atoms with Gasteiger partial charge in [0.1, 0.15) is 0 Å². The average molecular weight is 250 g/mol. The first-order chi connectivity index (χ1) is 8.15. The van der Waals surface area contributed by atoms with Gasteiger partial charge in [-0.1, -0.05) is 18.6 Å². The van der Waals surface area contributed by atoms with Crippen molar-refractivity contribution in [2.24, 2.45) is 11.8 Å². The molecular formula is C15H22OS. The standard InChI is InChI=1S/C15H22OS/c1-11-7-12(2)9-14(8-11)15(16)4-3-13-5-6-17-10-13/h5-7,10-11,14-16H,3-4,8-9H2,1-2H3. The minimum absolute atomic E-state index is 0.138. The molecule has 0 amide bonds. The van der Waals surface area contributed by atoms with Crippen LogP contribution in [0.5, 0.6) is 0 Å². The Labute approximate surface area is 108 Å². The summed E-state index contributed by atoms with van der Waals surface area (Å²) in [4.78, 5) is 0. The summed E-state index contributed by atoms with van der Waals surface area (Å²) in [6, 6.07) is 2.16. The summed E-state index contributed by atoms with van der Waals surface area (Å²) in [5.41, 5.74) is 2.81. The molecule has 0 fully saturated rings. The average Bonchev–Trinajstić information content (AvgIpc) is 2.77. The summed E-state index contributed by atoms with van der Waals surface area (Å²) >= 11 is 1.74. The molecule has 1 nitrogen and oxygen atoms in total. The van der Waals surface area contributed by atoms with Crippen molar-refractivity contribution in [3.05, 3.63) is 34.0 Å². The van der Waals surface area contributed by atoms with Gasteiger partial charge in [0.15, 0.2) is 0 Å². The van der Waals surface area contributed by atoms with E-state index >= 15 is 0 Å². The van der Waals surface area contributed by atoms with Crippen molar-refractivity contribution in [3.63, 3.8) is 0 Å². The Bertz CT molecular complexity index is 366. The van der Waals surface area contributed by atoms with E-state index in [1.54, 1.807) is 11.3 Å². The zero-order chi connectivity index (χ0) is 12.3. The lowest BCUT2D eigenvalue weighted by Gasteiger charge is -2.29. The quantitative estimate of drug-likeness (QED) is 0.800. The Hall–Kier alpha value is -0.600. The first-order valence-electron chi connectivity index (χ1n) is 6.51. The fraction of sp³-hybridized carbons (Fsp3) is 0.600. The van der Waals surface area contributed by atoms with Crippen LogP contribution in [0, 0.1) is 11.8 Å². The number of aliphatic hydroxyl groups excluding tert-OH is 1. The van der Waals surface area contributed by atoms with Crippen LogP contribution in [0.4, 0.5) is 0 Å². The Morgan fingerprint density at radius 2 is 2.35 bits per heavy atom.